The van der Waals surface area contributed by atoms with Crippen LogP contribution in [-0.2, 0) is 16.1 Å². The van der Waals surface area contributed by atoms with Crippen molar-refractivity contribution in [2.45, 2.75) is 39.0 Å². The lowest BCUT2D eigenvalue weighted by Gasteiger charge is -2.22. The number of hydrogen-bond donors (Lipinski definition) is 2. The van der Waals surface area contributed by atoms with E-state index in [1.807, 2.05) is 6.07 Å². The molecule has 0 bridgehead atoms. The maximum absolute atomic E-state index is 11.8. The first-order chi connectivity index (χ1) is 10.7. The molecule has 8 heteroatoms. The quantitative estimate of drug-likeness (QED) is 0.833. The van der Waals surface area contributed by atoms with Gasteiger partial charge >= 0.3 is 6.09 Å². The fourth-order valence-corrected chi connectivity index (χ4v) is 2.39. The van der Waals surface area contributed by atoms with Gasteiger partial charge in [0.15, 0.2) is 5.15 Å². The number of amides is 2. The molecule has 1 unspecified atom stereocenters. The molecule has 0 fully saturated rings. The number of primary amides is 1. The third-order valence-electron chi connectivity index (χ3n) is 3.05. The highest BCUT2D eigenvalue weighted by Crippen LogP contribution is 2.22. The van der Waals surface area contributed by atoms with Crippen LogP contribution in [0.5, 0.6) is 0 Å². The Labute approximate surface area is 138 Å². The van der Waals surface area contributed by atoms with Gasteiger partial charge in [0.1, 0.15) is 11.6 Å². The number of pyridine rings is 1. The zero-order valence-electron chi connectivity index (χ0n) is 13.2. The number of nitrogens with two attached hydrogens (primary N) is 1. The summed E-state index contributed by atoms with van der Waals surface area (Å²) in [5, 5.41) is 3.67. The Morgan fingerprint density at radius 2 is 2.13 bits per heavy atom. The Bertz CT molecular complexity index is 736. The molecule has 23 heavy (non-hydrogen) atoms. The van der Waals surface area contributed by atoms with Crippen LogP contribution in [0, 0.1) is 0 Å². The summed E-state index contributed by atoms with van der Waals surface area (Å²) in [6, 6.07) is 2.71. The van der Waals surface area contributed by atoms with E-state index in [4.69, 9.17) is 22.1 Å². The average Bonchev–Trinajstić information content (AvgIpc) is 2.80. The normalized spacial score (nSPS) is 12.9. The lowest BCUT2D eigenvalue weighted by Crippen LogP contribution is -2.48. The number of halogens is 1. The fraction of sp³-hybridized carbons (Fsp3) is 0.400. The number of alkyl carbamates (subject to hydrolysis) is 1. The van der Waals surface area contributed by atoms with Crippen molar-refractivity contribution in [2.24, 2.45) is 5.73 Å². The molecule has 0 aromatic carbocycles. The van der Waals surface area contributed by atoms with Crippen molar-refractivity contribution in [2.75, 3.05) is 0 Å². The predicted molar refractivity (Wildman–Crippen MR) is 87.1 cm³/mol. The molecular weight excluding hydrogens is 320 g/mol. The summed E-state index contributed by atoms with van der Waals surface area (Å²) in [5.41, 5.74) is 5.38. The highest BCUT2D eigenvalue weighted by atomic mass is 35.5. The van der Waals surface area contributed by atoms with Gasteiger partial charge in [-0.2, -0.15) is 0 Å². The summed E-state index contributed by atoms with van der Waals surface area (Å²) in [5.74, 6) is -0.669. The van der Waals surface area contributed by atoms with Crippen LogP contribution in [0.3, 0.4) is 0 Å². The van der Waals surface area contributed by atoms with Crippen molar-refractivity contribution in [1.82, 2.24) is 14.9 Å². The second-order valence-electron chi connectivity index (χ2n) is 6.11. The molecule has 0 aliphatic carbocycles. The lowest BCUT2D eigenvalue weighted by atomic mass is 10.2. The summed E-state index contributed by atoms with van der Waals surface area (Å²) in [6.07, 6.45) is 2.65. The van der Waals surface area contributed by atoms with E-state index in [1.165, 1.54) is 0 Å². The van der Waals surface area contributed by atoms with Gasteiger partial charge in [0.25, 0.3) is 0 Å². The maximum Gasteiger partial charge on any atom is 0.408 e. The molecule has 2 aromatic rings. The molecule has 2 aromatic heterocycles. The van der Waals surface area contributed by atoms with Crippen LogP contribution < -0.4 is 11.1 Å². The standard InChI is InChI=1S/C15H19ClN4O3/c1-15(2,3)23-14(22)19-10(13(17)21)8-20-7-5-9-4-6-18-12(16)11(9)20/h4-7,10H,8H2,1-3H3,(H2,17,21)(H,19,22). The van der Waals surface area contributed by atoms with Crippen LogP contribution in [0.25, 0.3) is 10.9 Å². The van der Waals surface area contributed by atoms with Crippen LogP contribution in [0.2, 0.25) is 5.15 Å². The number of hydrogen-bond acceptors (Lipinski definition) is 4. The highest BCUT2D eigenvalue weighted by Gasteiger charge is 2.23. The van der Waals surface area contributed by atoms with Gasteiger partial charge in [-0.15, -0.1) is 0 Å². The molecule has 2 amide bonds. The molecule has 3 N–H and O–H groups in total. The number of carbonyl (C=O) groups is 2. The Kier molecular flexibility index (Phi) is 4.79. The molecule has 124 valence electrons. The zero-order valence-corrected chi connectivity index (χ0v) is 13.9. The van der Waals surface area contributed by atoms with Gasteiger partial charge in [0.05, 0.1) is 12.1 Å². The molecule has 0 saturated heterocycles. The van der Waals surface area contributed by atoms with Crippen molar-refractivity contribution >= 4 is 34.5 Å². The smallest absolute Gasteiger partial charge is 0.408 e. The molecule has 0 aliphatic heterocycles. The number of rotatable bonds is 4. The van der Waals surface area contributed by atoms with E-state index >= 15 is 0 Å². The minimum Gasteiger partial charge on any atom is -0.444 e. The van der Waals surface area contributed by atoms with Crippen LogP contribution in [0.1, 0.15) is 20.8 Å². The number of nitrogens with one attached hydrogen (secondary N) is 1. The maximum atomic E-state index is 11.8. The molecule has 0 aliphatic rings. The zero-order chi connectivity index (χ0) is 17.2. The number of fused-ring (bicyclic) bond motifs is 1. The van der Waals surface area contributed by atoms with E-state index in [-0.39, 0.29) is 6.54 Å². The SMILES string of the molecule is CC(C)(C)OC(=O)NC(Cn1ccc2ccnc(Cl)c21)C(N)=O. The van der Waals surface area contributed by atoms with Gasteiger partial charge in [-0.05, 0) is 32.9 Å². The first-order valence-electron chi connectivity index (χ1n) is 7.05. The van der Waals surface area contributed by atoms with Crippen LogP contribution >= 0.6 is 11.6 Å². The summed E-state index contributed by atoms with van der Waals surface area (Å²) in [6.45, 7) is 5.33. The van der Waals surface area contributed by atoms with Crippen molar-refractivity contribution in [3.63, 3.8) is 0 Å². The minimum atomic E-state index is -0.934. The van der Waals surface area contributed by atoms with Crippen LogP contribution in [0.4, 0.5) is 4.79 Å². The number of nitrogens with zero attached hydrogens (tertiary/aromatic N) is 2. The molecule has 1 atom stereocenters. The number of carbonyl (C=O) groups excluding carboxylic acids is 2. The van der Waals surface area contributed by atoms with Gasteiger partial charge in [-0.3, -0.25) is 4.79 Å². The monoisotopic (exact) mass is 338 g/mol. The third kappa shape index (κ3) is 4.35. The Hall–Kier alpha value is -2.28. The van der Waals surface area contributed by atoms with Gasteiger partial charge in [0.2, 0.25) is 5.91 Å². The van der Waals surface area contributed by atoms with Crippen LogP contribution in [0.15, 0.2) is 24.5 Å². The van der Waals surface area contributed by atoms with Gasteiger partial charge in [0, 0.05) is 17.8 Å². The largest absolute Gasteiger partial charge is 0.444 e. The molecule has 2 heterocycles. The Morgan fingerprint density at radius 3 is 2.74 bits per heavy atom. The average molecular weight is 339 g/mol. The molecule has 0 saturated carbocycles. The van der Waals surface area contributed by atoms with Gasteiger partial charge in [-0.25, -0.2) is 9.78 Å². The second-order valence-corrected chi connectivity index (χ2v) is 6.47. The van der Waals surface area contributed by atoms with Gasteiger partial charge < -0.3 is 20.4 Å². The second kappa shape index (κ2) is 6.45. The molecular formula is C15H19ClN4O3. The molecule has 0 radical (unpaired) electrons. The number of ether oxygens (including phenoxy) is 1. The first kappa shape index (κ1) is 17.1. The van der Waals surface area contributed by atoms with E-state index < -0.39 is 23.6 Å². The Morgan fingerprint density at radius 1 is 1.43 bits per heavy atom. The minimum absolute atomic E-state index is 0.128. The molecule has 0 spiro atoms. The number of aromatic nitrogens is 2. The molecule has 7 nitrogen and oxygen atoms in total. The van der Waals surface area contributed by atoms with Crippen LogP contribution in [-0.4, -0.2) is 33.2 Å². The lowest BCUT2D eigenvalue weighted by molar-refractivity contribution is -0.120. The summed E-state index contributed by atoms with van der Waals surface area (Å²) in [4.78, 5) is 27.5. The van der Waals surface area contributed by atoms with Crippen molar-refractivity contribution < 1.29 is 14.3 Å². The predicted octanol–water partition coefficient (Wildman–Crippen LogP) is 2.07. The Balaban J connectivity index is 2.19. The van der Waals surface area contributed by atoms with E-state index in [0.29, 0.717) is 10.7 Å². The summed E-state index contributed by atoms with van der Waals surface area (Å²) >= 11 is 6.10. The van der Waals surface area contributed by atoms with E-state index in [9.17, 15) is 9.59 Å². The topological polar surface area (TPSA) is 99.2 Å². The fourth-order valence-electron chi connectivity index (χ4n) is 2.11. The van der Waals surface area contributed by atoms with E-state index in [1.54, 1.807) is 43.8 Å². The summed E-state index contributed by atoms with van der Waals surface area (Å²) in [7, 11) is 0. The van der Waals surface area contributed by atoms with E-state index in [2.05, 4.69) is 10.3 Å². The summed E-state index contributed by atoms with van der Waals surface area (Å²) < 4.78 is 6.86. The van der Waals surface area contributed by atoms with Crippen molar-refractivity contribution in [1.29, 1.82) is 0 Å². The van der Waals surface area contributed by atoms with Crippen molar-refractivity contribution in [3.8, 4) is 0 Å². The first-order valence-corrected chi connectivity index (χ1v) is 7.43. The third-order valence-corrected chi connectivity index (χ3v) is 3.32. The van der Waals surface area contributed by atoms with Crippen molar-refractivity contribution in [3.05, 3.63) is 29.7 Å². The molecule has 2 rings (SSSR count). The highest BCUT2D eigenvalue weighted by molar-refractivity contribution is 6.33. The van der Waals surface area contributed by atoms with E-state index in [0.717, 1.165) is 5.39 Å². The van der Waals surface area contributed by atoms with Gasteiger partial charge in [-0.1, -0.05) is 11.6 Å².